The van der Waals surface area contributed by atoms with Gasteiger partial charge in [0.25, 0.3) is 0 Å². The van der Waals surface area contributed by atoms with Crippen LogP contribution in [0.5, 0.6) is 0 Å². The van der Waals surface area contributed by atoms with E-state index in [0.29, 0.717) is 45.4 Å². The fraction of sp³-hybridized carbons (Fsp3) is 0. The van der Waals surface area contributed by atoms with E-state index in [2.05, 4.69) is 0 Å². The first kappa shape index (κ1) is 19.2. The molecule has 0 aliphatic heterocycles. The molecule has 2 aromatic heterocycles. The summed E-state index contributed by atoms with van der Waals surface area (Å²) in [5, 5.41) is 0.228. The van der Waals surface area contributed by atoms with E-state index in [1.54, 1.807) is 34.9 Å². The van der Waals surface area contributed by atoms with E-state index in [4.69, 9.17) is 30.0 Å². The van der Waals surface area contributed by atoms with Crippen molar-refractivity contribution >= 4 is 21.8 Å². The lowest BCUT2D eigenvalue weighted by Crippen LogP contribution is -2.01. The first-order chi connectivity index (χ1) is 28.8. The highest BCUT2D eigenvalue weighted by Crippen LogP contribution is 2.36. The SMILES string of the molecule is [2H]c1cc([2H])c2c(c1[2H])c1c([2H])c([2H])cc([2H])c1n2-c1cc(-c2ccc(-c3c([2H])c([2H])c([2H])c([2H])c3[2H])cc2)cc(-c2nc(-c3ccccc3)nc(-c3ccccc3)n2)c1. The number of benzene rings is 7. The summed E-state index contributed by atoms with van der Waals surface area (Å²) in [4.78, 5) is 14.8. The van der Waals surface area contributed by atoms with Gasteiger partial charge in [0.2, 0.25) is 0 Å². The summed E-state index contributed by atoms with van der Waals surface area (Å²) in [5.41, 5.74) is 4.52. The number of nitrogens with zero attached hydrogens (tertiary/aromatic N) is 4. The van der Waals surface area contributed by atoms with E-state index in [1.165, 1.54) is 12.1 Å². The average Bonchev–Trinajstić information content (AvgIpc) is 3.65. The van der Waals surface area contributed by atoms with Gasteiger partial charge >= 0.3 is 0 Å². The fourth-order valence-electron chi connectivity index (χ4n) is 5.97. The Kier molecular flexibility index (Phi) is 4.78. The Balaban J connectivity index is 1.35. The van der Waals surface area contributed by atoms with E-state index < -0.39 is 18.1 Å². The molecular formula is C45H30N4. The molecule has 0 unspecified atom stereocenters. The molecule has 9 aromatic rings. The summed E-state index contributed by atoms with van der Waals surface area (Å²) in [5.74, 6) is 1.12. The smallest absolute Gasteiger partial charge is 0.164 e. The van der Waals surface area contributed by atoms with Crippen LogP contribution in [0.15, 0.2) is 182 Å². The van der Waals surface area contributed by atoms with Crippen molar-refractivity contribution in [2.45, 2.75) is 0 Å². The quantitative estimate of drug-likeness (QED) is 0.182. The maximum absolute atomic E-state index is 9.09. The number of rotatable bonds is 6. The van der Waals surface area contributed by atoms with Crippen LogP contribution in [0.2, 0.25) is 0 Å². The number of hydrogen-bond donors (Lipinski definition) is 0. The van der Waals surface area contributed by atoms with Crippen molar-refractivity contribution in [3.05, 3.63) is 182 Å². The lowest BCUT2D eigenvalue weighted by Gasteiger charge is -2.14. The van der Waals surface area contributed by atoms with Gasteiger partial charge in [-0.05, 0) is 52.5 Å². The molecule has 0 bridgehead atoms. The first-order valence-electron chi connectivity index (χ1n) is 21.0. The lowest BCUT2D eigenvalue weighted by molar-refractivity contribution is 1.07. The number of para-hydroxylation sites is 2. The zero-order valence-electron chi connectivity index (χ0n) is 36.8. The fourth-order valence-corrected chi connectivity index (χ4v) is 5.97. The van der Waals surface area contributed by atoms with E-state index in [9.17, 15) is 0 Å². The van der Waals surface area contributed by atoms with Crippen LogP contribution >= 0.6 is 0 Å². The third kappa shape index (κ3) is 5.35. The molecule has 0 atom stereocenters. The second-order valence-electron chi connectivity index (χ2n) is 11.3. The Hall–Kier alpha value is -6.65. The average molecular weight is 638 g/mol. The largest absolute Gasteiger partial charge is 0.309 e. The summed E-state index contributed by atoms with van der Waals surface area (Å²) in [6.45, 7) is 0. The number of hydrogen-bond acceptors (Lipinski definition) is 3. The lowest BCUT2D eigenvalue weighted by atomic mass is 9.98. The van der Waals surface area contributed by atoms with Gasteiger partial charge in [-0.2, -0.15) is 0 Å². The van der Waals surface area contributed by atoms with Crippen molar-refractivity contribution in [3.8, 4) is 62.1 Å². The minimum absolute atomic E-state index is 0.0604. The van der Waals surface area contributed by atoms with Gasteiger partial charge in [-0.1, -0.05) is 151 Å². The van der Waals surface area contributed by atoms with Gasteiger partial charge in [0.1, 0.15) is 0 Å². The Morgan fingerprint density at radius 2 is 0.857 bits per heavy atom. The van der Waals surface area contributed by atoms with Crippen molar-refractivity contribution in [2.75, 3.05) is 0 Å². The van der Waals surface area contributed by atoms with Crippen LogP contribution < -0.4 is 0 Å². The van der Waals surface area contributed by atoms with Gasteiger partial charge in [-0.15, -0.1) is 0 Å². The van der Waals surface area contributed by atoms with Crippen LogP contribution in [0.1, 0.15) is 15.1 Å². The summed E-state index contributed by atoms with van der Waals surface area (Å²) < 4.78 is 96.1. The predicted molar refractivity (Wildman–Crippen MR) is 201 cm³/mol. The Morgan fingerprint density at radius 3 is 1.41 bits per heavy atom. The summed E-state index contributed by atoms with van der Waals surface area (Å²) in [6.07, 6.45) is 0. The number of fused-ring (bicyclic) bond motifs is 3. The maximum atomic E-state index is 9.09. The predicted octanol–water partition coefficient (Wildman–Crippen LogP) is 11.3. The normalized spacial score (nSPS) is 14.4. The minimum atomic E-state index is -0.483. The van der Waals surface area contributed by atoms with Crippen LogP contribution in [-0.4, -0.2) is 19.5 Å². The van der Waals surface area contributed by atoms with Crippen molar-refractivity contribution in [1.82, 2.24) is 19.5 Å². The molecule has 4 heteroatoms. The monoisotopic (exact) mass is 637 g/mol. The molecule has 0 aliphatic rings. The van der Waals surface area contributed by atoms with Gasteiger partial charge < -0.3 is 4.57 Å². The molecule has 0 fully saturated rings. The minimum Gasteiger partial charge on any atom is -0.309 e. The van der Waals surface area contributed by atoms with E-state index in [1.807, 2.05) is 72.8 Å². The molecule has 0 saturated heterocycles. The highest BCUT2D eigenvalue weighted by atomic mass is 15.0. The highest BCUT2D eigenvalue weighted by Gasteiger charge is 2.17. The van der Waals surface area contributed by atoms with Crippen molar-refractivity contribution < 1.29 is 15.1 Å². The van der Waals surface area contributed by atoms with Crippen LogP contribution in [0.4, 0.5) is 0 Å². The molecule has 230 valence electrons. The third-order valence-corrected chi connectivity index (χ3v) is 8.27. The highest BCUT2D eigenvalue weighted by molar-refractivity contribution is 6.09. The van der Waals surface area contributed by atoms with Gasteiger partial charge in [0.05, 0.1) is 26.1 Å². The topological polar surface area (TPSA) is 43.6 Å². The van der Waals surface area contributed by atoms with Gasteiger partial charge in [0.15, 0.2) is 17.5 Å². The van der Waals surface area contributed by atoms with Gasteiger partial charge in [-0.25, -0.2) is 15.0 Å². The molecule has 2 heterocycles. The molecule has 0 amide bonds. The molecule has 0 spiro atoms. The summed E-state index contributed by atoms with van der Waals surface area (Å²) in [6, 6.07) is 30.6. The summed E-state index contributed by atoms with van der Waals surface area (Å²) >= 11 is 0. The molecule has 0 radical (unpaired) electrons. The first-order valence-corrected chi connectivity index (χ1v) is 15.5. The van der Waals surface area contributed by atoms with Crippen molar-refractivity contribution in [1.29, 1.82) is 0 Å². The molecule has 4 nitrogen and oxygen atoms in total. The van der Waals surface area contributed by atoms with Crippen LogP contribution in [0.25, 0.3) is 83.9 Å². The van der Waals surface area contributed by atoms with Gasteiger partial charge in [0, 0.05) is 33.2 Å². The van der Waals surface area contributed by atoms with Crippen LogP contribution in [-0.2, 0) is 0 Å². The van der Waals surface area contributed by atoms with E-state index >= 15 is 0 Å². The molecule has 49 heavy (non-hydrogen) atoms. The zero-order chi connectivity index (χ0) is 42.1. The molecule has 0 aliphatic carbocycles. The van der Waals surface area contributed by atoms with Crippen LogP contribution in [0.3, 0.4) is 0 Å². The Morgan fingerprint density at radius 1 is 0.367 bits per heavy atom. The number of aromatic nitrogens is 4. The van der Waals surface area contributed by atoms with Crippen molar-refractivity contribution in [3.63, 3.8) is 0 Å². The molecule has 0 saturated carbocycles. The standard InChI is InChI=1S/C45H30N4/c1-4-14-31(15-5-1)32-24-26-33(27-25-32)36-28-37(30-38(29-36)49-41-22-12-10-20-39(41)40-21-11-13-23-42(40)49)45-47-43(34-16-6-2-7-17-34)46-44(48-45)35-18-8-3-9-19-35/h1-30H/i1D,4D,5D,10D,11D,14D,15D,20D,21D,22D,23D. The summed E-state index contributed by atoms with van der Waals surface area (Å²) in [7, 11) is 0. The second kappa shape index (κ2) is 12.2. The molecular weight excluding hydrogens is 597 g/mol. The van der Waals surface area contributed by atoms with Crippen LogP contribution in [0, 0.1) is 0 Å². The molecule has 7 aromatic carbocycles. The third-order valence-electron chi connectivity index (χ3n) is 8.27. The van der Waals surface area contributed by atoms with E-state index in [-0.39, 0.29) is 75.7 Å². The zero-order valence-corrected chi connectivity index (χ0v) is 25.8. The molecule has 9 rings (SSSR count). The second-order valence-corrected chi connectivity index (χ2v) is 11.3. The molecule has 0 N–H and O–H groups in total. The Bertz CT molecular complexity index is 3050. The maximum Gasteiger partial charge on any atom is 0.164 e. The van der Waals surface area contributed by atoms with Crippen molar-refractivity contribution in [2.24, 2.45) is 0 Å². The Labute approximate surface area is 300 Å². The van der Waals surface area contributed by atoms with Gasteiger partial charge in [-0.3, -0.25) is 0 Å². The van der Waals surface area contributed by atoms with E-state index in [0.717, 1.165) is 11.1 Å².